The number of fused-ring (bicyclic) bond motifs is 1. The number of hydrogen-bond donors (Lipinski definition) is 0. The van der Waals surface area contributed by atoms with Gasteiger partial charge in [-0.25, -0.2) is 0 Å². The van der Waals surface area contributed by atoms with Crippen molar-refractivity contribution >= 4 is 11.3 Å². The van der Waals surface area contributed by atoms with Crippen molar-refractivity contribution in [3.05, 3.63) is 21.4 Å². The van der Waals surface area contributed by atoms with E-state index < -0.39 is 0 Å². The minimum absolute atomic E-state index is 0.570. The largest absolute Gasteiger partial charge is 0.304 e. The van der Waals surface area contributed by atoms with Crippen molar-refractivity contribution in [3.8, 4) is 6.07 Å². The van der Waals surface area contributed by atoms with Crippen LogP contribution in [0.1, 0.15) is 34.2 Å². The fourth-order valence-electron chi connectivity index (χ4n) is 3.10. The second-order valence-electron chi connectivity index (χ2n) is 5.35. The fraction of sp³-hybridized carbons (Fsp3) is 0.643. The topological polar surface area (TPSA) is 30.3 Å². The van der Waals surface area contributed by atoms with Crippen molar-refractivity contribution in [2.45, 2.75) is 25.3 Å². The molecule has 2 heterocycles. The highest BCUT2D eigenvalue weighted by Gasteiger charge is 2.29. The van der Waals surface area contributed by atoms with Gasteiger partial charge in [0.25, 0.3) is 0 Å². The number of piperazine rings is 1. The number of likely N-dealkylation sites (N-methyl/N-ethyl adjacent to an activating group) is 1. The summed E-state index contributed by atoms with van der Waals surface area (Å²) in [4.78, 5) is 7.36. The number of aryl methyl sites for hydroxylation is 1. The Labute approximate surface area is 113 Å². The van der Waals surface area contributed by atoms with Gasteiger partial charge >= 0.3 is 0 Å². The summed E-state index contributed by atoms with van der Waals surface area (Å²) in [5.74, 6) is 0. The van der Waals surface area contributed by atoms with Crippen molar-refractivity contribution in [3.63, 3.8) is 0 Å². The highest BCUT2D eigenvalue weighted by molar-refractivity contribution is 7.12. The minimum Gasteiger partial charge on any atom is -0.304 e. The second-order valence-corrected chi connectivity index (χ2v) is 6.48. The van der Waals surface area contributed by atoms with Gasteiger partial charge in [-0.15, -0.1) is 11.3 Å². The first kappa shape index (κ1) is 12.2. The Morgan fingerprint density at radius 3 is 2.83 bits per heavy atom. The average Bonchev–Trinajstić information content (AvgIpc) is 2.82. The van der Waals surface area contributed by atoms with Gasteiger partial charge in [-0.05, 0) is 37.9 Å². The van der Waals surface area contributed by atoms with Crippen LogP contribution in [-0.4, -0.2) is 43.0 Å². The van der Waals surface area contributed by atoms with Gasteiger partial charge in [0, 0.05) is 37.1 Å². The molecular weight excluding hydrogens is 242 g/mol. The summed E-state index contributed by atoms with van der Waals surface area (Å²) in [5, 5.41) is 9.06. The number of nitrogens with zero attached hydrogens (tertiary/aromatic N) is 3. The van der Waals surface area contributed by atoms with E-state index in [9.17, 15) is 0 Å². The van der Waals surface area contributed by atoms with Gasteiger partial charge in [0.1, 0.15) is 10.9 Å². The van der Waals surface area contributed by atoms with E-state index >= 15 is 0 Å². The summed E-state index contributed by atoms with van der Waals surface area (Å²) < 4.78 is 0. The van der Waals surface area contributed by atoms with Gasteiger partial charge in [0.05, 0.1) is 0 Å². The minimum atomic E-state index is 0.570. The van der Waals surface area contributed by atoms with Crippen LogP contribution in [0.2, 0.25) is 0 Å². The quantitative estimate of drug-likeness (QED) is 0.776. The number of nitriles is 1. The average molecular weight is 261 g/mol. The van der Waals surface area contributed by atoms with Crippen LogP contribution in [0.15, 0.2) is 6.07 Å². The molecule has 1 atom stereocenters. The van der Waals surface area contributed by atoms with Gasteiger partial charge in [0.2, 0.25) is 0 Å². The molecule has 0 spiro atoms. The Kier molecular flexibility index (Phi) is 3.38. The van der Waals surface area contributed by atoms with Gasteiger partial charge in [0.15, 0.2) is 0 Å². The lowest BCUT2D eigenvalue weighted by molar-refractivity contribution is 0.103. The lowest BCUT2D eigenvalue weighted by Gasteiger charge is -2.39. The van der Waals surface area contributed by atoms with Crippen molar-refractivity contribution in [2.24, 2.45) is 0 Å². The molecule has 18 heavy (non-hydrogen) atoms. The van der Waals surface area contributed by atoms with E-state index in [4.69, 9.17) is 5.26 Å². The SMILES string of the molecule is CN1CCN(C2CCCc3sc(C#N)cc32)CC1. The molecule has 0 aromatic carbocycles. The predicted octanol–water partition coefficient (Wildman–Crippen LogP) is 2.24. The lowest BCUT2D eigenvalue weighted by Crippen LogP contribution is -2.46. The summed E-state index contributed by atoms with van der Waals surface area (Å²) in [6, 6.07) is 5.02. The van der Waals surface area contributed by atoms with E-state index in [1.807, 2.05) is 0 Å². The third-order valence-corrected chi connectivity index (χ3v) is 5.29. The van der Waals surface area contributed by atoms with Crippen molar-refractivity contribution in [1.29, 1.82) is 5.26 Å². The molecule has 3 nitrogen and oxygen atoms in total. The Balaban J connectivity index is 1.82. The van der Waals surface area contributed by atoms with Gasteiger partial charge in [-0.1, -0.05) is 0 Å². The van der Waals surface area contributed by atoms with Crippen LogP contribution in [0.4, 0.5) is 0 Å². The molecule has 0 N–H and O–H groups in total. The highest BCUT2D eigenvalue weighted by atomic mass is 32.1. The summed E-state index contributed by atoms with van der Waals surface area (Å²) in [5.41, 5.74) is 1.45. The molecule has 1 saturated heterocycles. The van der Waals surface area contributed by atoms with Crippen molar-refractivity contribution in [2.75, 3.05) is 33.2 Å². The smallest absolute Gasteiger partial charge is 0.110 e. The lowest BCUT2D eigenvalue weighted by atomic mass is 9.92. The maximum atomic E-state index is 9.06. The van der Waals surface area contributed by atoms with Crippen LogP contribution >= 0.6 is 11.3 Å². The summed E-state index contributed by atoms with van der Waals surface area (Å²) in [6.45, 7) is 4.67. The molecule has 0 saturated carbocycles. The third kappa shape index (κ3) is 2.18. The van der Waals surface area contributed by atoms with Crippen LogP contribution in [0.3, 0.4) is 0 Å². The first-order valence-corrected chi connectivity index (χ1v) is 7.55. The molecule has 1 fully saturated rings. The fourth-order valence-corrected chi connectivity index (χ4v) is 4.16. The van der Waals surface area contributed by atoms with Crippen molar-refractivity contribution in [1.82, 2.24) is 9.80 Å². The summed E-state index contributed by atoms with van der Waals surface area (Å²) in [6.07, 6.45) is 3.71. The standard InChI is InChI=1S/C14H19N3S/c1-16-5-7-17(8-6-16)13-3-2-4-14-12(13)9-11(10-15)18-14/h9,13H,2-8H2,1H3. The highest BCUT2D eigenvalue weighted by Crippen LogP contribution is 2.39. The molecule has 1 aliphatic carbocycles. The Hall–Kier alpha value is -0.890. The van der Waals surface area contributed by atoms with E-state index in [-0.39, 0.29) is 0 Å². The van der Waals surface area contributed by atoms with Crippen LogP contribution in [0, 0.1) is 11.3 Å². The monoisotopic (exact) mass is 261 g/mol. The Morgan fingerprint density at radius 2 is 2.11 bits per heavy atom. The zero-order valence-corrected chi connectivity index (χ0v) is 11.7. The second kappa shape index (κ2) is 5.00. The first-order chi connectivity index (χ1) is 8.78. The molecule has 2 aliphatic rings. The zero-order valence-electron chi connectivity index (χ0n) is 10.9. The molecule has 1 aromatic heterocycles. The molecule has 3 rings (SSSR count). The molecule has 4 heteroatoms. The maximum Gasteiger partial charge on any atom is 0.110 e. The van der Waals surface area contributed by atoms with Gasteiger partial charge < -0.3 is 4.90 Å². The van der Waals surface area contributed by atoms with E-state index in [0.717, 1.165) is 4.88 Å². The summed E-state index contributed by atoms with van der Waals surface area (Å²) >= 11 is 1.71. The zero-order chi connectivity index (χ0) is 12.5. The van der Waals surface area contributed by atoms with Crippen molar-refractivity contribution < 1.29 is 0 Å². The molecule has 1 unspecified atom stereocenters. The Morgan fingerprint density at radius 1 is 1.33 bits per heavy atom. The third-order valence-electron chi connectivity index (χ3n) is 4.17. The van der Waals surface area contributed by atoms with E-state index in [1.54, 1.807) is 11.3 Å². The molecule has 1 aliphatic heterocycles. The predicted molar refractivity (Wildman–Crippen MR) is 73.8 cm³/mol. The van der Waals surface area contributed by atoms with Gasteiger partial charge in [-0.2, -0.15) is 5.26 Å². The van der Waals surface area contributed by atoms with E-state index in [2.05, 4.69) is 29.0 Å². The van der Waals surface area contributed by atoms with Crippen LogP contribution < -0.4 is 0 Å². The molecular formula is C14H19N3S. The molecule has 0 bridgehead atoms. The number of thiophene rings is 1. The van der Waals surface area contributed by atoms with Gasteiger partial charge in [-0.3, -0.25) is 4.90 Å². The Bertz CT molecular complexity index is 466. The maximum absolute atomic E-state index is 9.06. The number of hydrogen-bond acceptors (Lipinski definition) is 4. The number of rotatable bonds is 1. The molecule has 96 valence electrons. The normalized spacial score (nSPS) is 25.7. The van der Waals surface area contributed by atoms with E-state index in [0.29, 0.717) is 6.04 Å². The van der Waals surface area contributed by atoms with Crippen LogP contribution in [0.5, 0.6) is 0 Å². The molecule has 1 aromatic rings. The first-order valence-electron chi connectivity index (χ1n) is 6.73. The van der Waals surface area contributed by atoms with Crippen LogP contribution in [-0.2, 0) is 6.42 Å². The molecule has 0 radical (unpaired) electrons. The molecule has 0 amide bonds. The van der Waals surface area contributed by atoms with E-state index in [1.165, 1.54) is 55.9 Å². The van der Waals surface area contributed by atoms with Crippen LogP contribution in [0.25, 0.3) is 0 Å². The summed E-state index contributed by atoms with van der Waals surface area (Å²) in [7, 11) is 2.20.